The van der Waals surface area contributed by atoms with Crippen molar-refractivity contribution in [1.29, 1.82) is 0 Å². The van der Waals surface area contributed by atoms with Crippen LogP contribution in [0.1, 0.15) is 30.9 Å². The van der Waals surface area contributed by atoms with E-state index in [0.29, 0.717) is 5.92 Å². The lowest BCUT2D eigenvalue weighted by Crippen LogP contribution is -2.32. The number of hydrogen-bond donors (Lipinski definition) is 0. The van der Waals surface area contributed by atoms with E-state index in [1.165, 1.54) is 54.8 Å². The molecule has 0 spiro atoms. The van der Waals surface area contributed by atoms with Gasteiger partial charge in [-0.2, -0.15) is 4.57 Å². The molecule has 0 amide bonds. The molecular weight excluding hydrogens is 350 g/mol. The predicted molar refractivity (Wildman–Crippen MR) is 124 cm³/mol. The van der Waals surface area contributed by atoms with Crippen molar-refractivity contribution in [3.05, 3.63) is 90.0 Å². The zero-order valence-electron chi connectivity index (χ0n) is 17.5. The number of nitrogens with zero attached hydrogens (tertiary/aromatic N) is 1. The SMILES string of the molecule is Cc1cc2ccc3ccccc3c2cc1-c1ccc2cc(C(C)C)ccc2[n+]1C. The van der Waals surface area contributed by atoms with Crippen LogP contribution in [-0.4, -0.2) is 0 Å². The first-order valence-electron chi connectivity index (χ1n) is 10.4. The second kappa shape index (κ2) is 6.70. The van der Waals surface area contributed by atoms with E-state index >= 15 is 0 Å². The summed E-state index contributed by atoms with van der Waals surface area (Å²) in [7, 11) is 2.18. The molecule has 0 N–H and O–H groups in total. The Kier molecular flexibility index (Phi) is 4.13. The average molecular weight is 377 g/mol. The smallest absolute Gasteiger partial charge is 0.194 e. The van der Waals surface area contributed by atoms with Gasteiger partial charge in [-0.3, -0.25) is 0 Å². The van der Waals surface area contributed by atoms with Crippen LogP contribution in [0.15, 0.2) is 78.9 Å². The van der Waals surface area contributed by atoms with Crippen molar-refractivity contribution in [2.75, 3.05) is 0 Å². The van der Waals surface area contributed by atoms with Gasteiger partial charge in [0.05, 0.1) is 0 Å². The Bertz CT molecular complexity index is 1390. The molecule has 1 heterocycles. The molecule has 0 unspecified atom stereocenters. The number of aryl methyl sites for hydroxylation is 2. The largest absolute Gasteiger partial charge is 0.213 e. The van der Waals surface area contributed by atoms with E-state index in [2.05, 4.69) is 111 Å². The van der Waals surface area contributed by atoms with Gasteiger partial charge in [-0.1, -0.05) is 62.4 Å². The van der Waals surface area contributed by atoms with E-state index in [1.807, 2.05) is 0 Å². The maximum absolute atomic E-state index is 2.37. The molecule has 0 atom stereocenters. The molecule has 0 saturated carbocycles. The molecule has 0 radical (unpaired) electrons. The summed E-state index contributed by atoms with van der Waals surface area (Å²) < 4.78 is 2.33. The van der Waals surface area contributed by atoms with Crippen molar-refractivity contribution < 1.29 is 4.57 Å². The van der Waals surface area contributed by atoms with E-state index in [1.54, 1.807) is 0 Å². The third-order valence-corrected chi connectivity index (χ3v) is 6.23. The number of benzene rings is 4. The summed E-state index contributed by atoms with van der Waals surface area (Å²) in [6, 6.07) is 29.2. The van der Waals surface area contributed by atoms with Crippen LogP contribution >= 0.6 is 0 Å². The first-order valence-corrected chi connectivity index (χ1v) is 10.4. The van der Waals surface area contributed by atoms with Crippen LogP contribution in [0.4, 0.5) is 0 Å². The molecule has 1 heteroatoms. The van der Waals surface area contributed by atoms with Gasteiger partial charge in [0, 0.05) is 23.1 Å². The molecule has 5 aromatic rings. The molecule has 0 aliphatic rings. The van der Waals surface area contributed by atoms with Crippen LogP contribution in [0.5, 0.6) is 0 Å². The second-order valence-corrected chi connectivity index (χ2v) is 8.43. The van der Waals surface area contributed by atoms with Gasteiger partial charge < -0.3 is 0 Å². The van der Waals surface area contributed by atoms with E-state index in [-0.39, 0.29) is 0 Å². The zero-order chi connectivity index (χ0) is 20.1. The van der Waals surface area contributed by atoms with Crippen molar-refractivity contribution in [3.8, 4) is 11.3 Å². The highest BCUT2D eigenvalue weighted by Gasteiger charge is 2.17. The Morgan fingerprint density at radius 1 is 0.690 bits per heavy atom. The fourth-order valence-electron chi connectivity index (χ4n) is 4.50. The van der Waals surface area contributed by atoms with E-state index in [0.717, 1.165) is 0 Å². The van der Waals surface area contributed by atoms with E-state index in [9.17, 15) is 0 Å². The highest BCUT2D eigenvalue weighted by atomic mass is 14.9. The Balaban J connectivity index is 1.77. The normalized spacial score (nSPS) is 11.8. The number of pyridine rings is 1. The molecule has 0 bridgehead atoms. The van der Waals surface area contributed by atoms with Crippen LogP contribution < -0.4 is 4.57 Å². The van der Waals surface area contributed by atoms with Crippen molar-refractivity contribution >= 4 is 32.4 Å². The highest BCUT2D eigenvalue weighted by Crippen LogP contribution is 2.32. The standard InChI is InChI=1S/C28H26N/c1-18(2)21-11-13-27-23(16-21)12-14-28(29(27)4)25-17-26-22(15-19(25)3)10-9-20-7-5-6-8-24(20)26/h5-18H,1-4H3/q+1. The molecule has 5 rings (SSSR count). The summed E-state index contributed by atoms with van der Waals surface area (Å²) in [4.78, 5) is 0. The summed E-state index contributed by atoms with van der Waals surface area (Å²) in [5, 5.41) is 6.52. The highest BCUT2D eigenvalue weighted by molar-refractivity contribution is 6.09. The molecule has 29 heavy (non-hydrogen) atoms. The maximum atomic E-state index is 2.37. The van der Waals surface area contributed by atoms with Crippen molar-refractivity contribution in [1.82, 2.24) is 0 Å². The second-order valence-electron chi connectivity index (χ2n) is 8.43. The lowest BCUT2D eigenvalue weighted by atomic mass is 9.95. The van der Waals surface area contributed by atoms with Gasteiger partial charge in [0.25, 0.3) is 0 Å². The molecule has 0 aliphatic carbocycles. The molecule has 1 aromatic heterocycles. The number of aromatic nitrogens is 1. The first kappa shape index (κ1) is 17.9. The summed E-state index contributed by atoms with van der Waals surface area (Å²) >= 11 is 0. The first-order chi connectivity index (χ1) is 14.0. The number of rotatable bonds is 2. The molecule has 0 fully saturated rings. The van der Waals surface area contributed by atoms with Crippen LogP contribution in [0, 0.1) is 6.92 Å². The zero-order valence-corrected chi connectivity index (χ0v) is 17.5. The monoisotopic (exact) mass is 376 g/mol. The Morgan fingerprint density at radius 2 is 1.45 bits per heavy atom. The predicted octanol–water partition coefficient (Wildman–Crippen LogP) is 7.07. The quantitative estimate of drug-likeness (QED) is 0.229. The molecule has 4 aromatic carbocycles. The summed E-state index contributed by atoms with van der Waals surface area (Å²) in [5.41, 5.74) is 6.51. The third kappa shape index (κ3) is 2.89. The molecule has 142 valence electrons. The summed E-state index contributed by atoms with van der Waals surface area (Å²) in [5.74, 6) is 0.542. The molecular formula is C28H26N+. The van der Waals surface area contributed by atoms with Crippen LogP contribution in [0.3, 0.4) is 0 Å². The Labute approximate surface area is 172 Å². The van der Waals surface area contributed by atoms with Gasteiger partial charge in [-0.15, -0.1) is 0 Å². The lowest BCUT2D eigenvalue weighted by molar-refractivity contribution is -0.633. The Hall–Kier alpha value is -3.19. The van der Waals surface area contributed by atoms with Crippen molar-refractivity contribution in [2.45, 2.75) is 26.7 Å². The van der Waals surface area contributed by atoms with Gasteiger partial charge in [0.1, 0.15) is 7.05 Å². The van der Waals surface area contributed by atoms with Gasteiger partial charge in [-0.25, -0.2) is 0 Å². The van der Waals surface area contributed by atoms with Crippen LogP contribution in [0.25, 0.3) is 43.7 Å². The average Bonchev–Trinajstić information content (AvgIpc) is 2.73. The third-order valence-electron chi connectivity index (χ3n) is 6.23. The summed E-state index contributed by atoms with van der Waals surface area (Å²) in [6.07, 6.45) is 0. The minimum absolute atomic E-state index is 0.542. The van der Waals surface area contributed by atoms with E-state index < -0.39 is 0 Å². The topological polar surface area (TPSA) is 3.88 Å². The molecule has 1 nitrogen and oxygen atoms in total. The van der Waals surface area contributed by atoms with Crippen molar-refractivity contribution in [2.24, 2.45) is 7.05 Å². The van der Waals surface area contributed by atoms with Gasteiger partial charge in [-0.05, 0) is 63.7 Å². The van der Waals surface area contributed by atoms with Crippen LogP contribution in [0.2, 0.25) is 0 Å². The Morgan fingerprint density at radius 3 is 2.28 bits per heavy atom. The fraction of sp³-hybridized carbons (Fsp3) is 0.179. The number of fused-ring (bicyclic) bond motifs is 4. The number of hydrogen-bond acceptors (Lipinski definition) is 0. The maximum Gasteiger partial charge on any atom is 0.213 e. The molecule has 0 aliphatic heterocycles. The summed E-state index contributed by atoms with van der Waals surface area (Å²) in [6.45, 7) is 6.71. The van der Waals surface area contributed by atoms with E-state index in [4.69, 9.17) is 0 Å². The van der Waals surface area contributed by atoms with Gasteiger partial charge in [0.15, 0.2) is 0 Å². The van der Waals surface area contributed by atoms with Crippen LogP contribution in [-0.2, 0) is 7.05 Å². The minimum atomic E-state index is 0.542. The van der Waals surface area contributed by atoms with Gasteiger partial charge >= 0.3 is 0 Å². The van der Waals surface area contributed by atoms with Crippen molar-refractivity contribution in [3.63, 3.8) is 0 Å². The fourth-order valence-corrected chi connectivity index (χ4v) is 4.50. The molecule has 0 saturated heterocycles. The lowest BCUT2D eigenvalue weighted by Gasteiger charge is -2.11. The van der Waals surface area contributed by atoms with Gasteiger partial charge in [0.2, 0.25) is 11.2 Å². The minimum Gasteiger partial charge on any atom is -0.194 e.